The smallest absolute Gasteiger partial charge is 0.305 e. The number of hydrogen-bond acceptors (Lipinski definition) is 4. The van der Waals surface area contributed by atoms with Gasteiger partial charge in [-0.3, -0.25) is 4.79 Å². The van der Waals surface area contributed by atoms with Crippen molar-refractivity contribution in [2.75, 3.05) is 7.11 Å². The van der Waals surface area contributed by atoms with Crippen LogP contribution >= 0.6 is 23.1 Å². The number of aromatic nitrogens is 1. The summed E-state index contributed by atoms with van der Waals surface area (Å²) in [5.74, 6) is 3.63. The zero-order chi connectivity index (χ0) is 15.6. The van der Waals surface area contributed by atoms with Crippen LogP contribution in [0.4, 0.5) is 0 Å². The molecule has 3 nitrogen and oxygen atoms in total. The Morgan fingerprint density at radius 2 is 1.96 bits per heavy atom. The lowest BCUT2D eigenvalue weighted by Gasteiger charge is -2.40. The van der Waals surface area contributed by atoms with Crippen LogP contribution in [0.5, 0.6) is 5.75 Å². The van der Waals surface area contributed by atoms with Crippen molar-refractivity contribution in [1.82, 2.24) is 4.98 Å². The Morgan fingerprint density at radius 1 is 1.17 bits per heavy atom. The number of methoxy groups -OCH3 is 1. The van der Waals surface area contributed by atoms with Crippen molar-refractivity contribution in [3.8, 4) is 5.75 Å². The molecule has 0 amide bonds. The van der Waals surface area contributed by atoms with Crippen molar-refractivity contribution >= 4 is 23.1 Å². The summed E-state index contributed by atoms with van der Waals surface area (Å²) in [6.45, 7) is 0. The van der Waals surface area contributed by atoms with Gasteiger partial charge in [0.25, 0.3) is 0 Å². The van der Waals surface area contributed by atoms with E-state index in [9.17, 15) is 4.79 Å². The van der Waals surface area contributed by atoms with Crippen LogP contribution in [0.15, 0.2) is 34.1 Å². The molecule has 1 aromatic carbocycles. The average molecular weight is 345 g/mol. The van der Waals surface area contributed by atoms with Crippen molar-refractivity contribution in [2.45, 2.75) is 35.5 Å². The first-order valence-corrected chi connectivity index (χ1v) is 9.98. The number of thioether (sulfide) groups is 1. The highest BCUT2D eigenvalue weighted by Gasteiger charge is 2.54. The molecule has 0 spiro atoms. The summed E-state index contributed by atoms with van der Waals surface area (Å²) in [5, 5.41) is 1.81. The monoisotopic (exact) mass is 345 g/mol. The van der Waals surface area contributed by atoms with Crippen molar-refractivity contribution in [1.29, 1.82) is 0 Å². The van der Waals surface area contributed by atoms with Crippen LogP contribution in [-0.2, 0) is 0 Å². The van der Waals surface area contributed by atoms with E-state index in [0.717, 1.165) is 22.6 Å². The van der Waals surface area contributed by atoms with Crippen molar-refractivity contribution in [2.24, 2.45) is 17.8 Å². The third-order valence-electron chi connectivity index (χ3n) is 5.94. The van der Waals surface area contributed by atoms with Crippen LogP contribution < -0.4 is 9.61 Å². The normalized spacial score (nSPS) is 34.2. The number of aromatic amines is 1. The molecular formula is C18H19NO2S2. The maximum absolute atomic E-state index is 12.0. The number of ether oxygens (including phenoxy) is 1. The molecule has 120 valence electrons. The maximum atomic E-state index is 12.0. The van der Waals surface area contributed by atoms with Gasteiger partial charge >= 0.3 is 4.87 Å². The molecular weight excluding hydrogens is 326 g/mol. The molecule has 0 saturated heterocycles. The van der Waals surface area contributed by atoms with Gasteiger partial charge in [0.2, 0.25) is 0 Å². The third kappa shape index (κ3) is 2.06. The number of rotatable bonds is 2. The van der Waals surface area contributed by atoms with Crippen LogP contribution in [0.25, 0.3) is 0 Å². The van der Waals surface area contributed by atoms with E-state index < -0.39 is 0 Å². The van der Waals surface area contributed by atoms with E-state index >= 15 is 0 Å². The predicted molar refractivity (Wildman–Crippen MR) is 93.7 cm³/mol. The Bertz CT molecular complexity index is 794. The lowest BCUT2D eigenvalue weighted by molar-refractivity contribution is 0.307. The summed E-state index contributed by atoms with van der Waals surface area (Å²) >= 11 is 3.36. The van der Waals surface area contributed by atoms with Gasteiger partial charge in [0.1, 0.15) is 5.75 Å². The van der Waals surface area contributed by atoms with E-state index in [1.165, 1.54) is 41.0 Å². The Labute approximate surface area is 143 Å². The molecule has 2 bridgehead atoms. The molecule has 1 aromatic heterocycles. The number of fused-ring (bicyclic) bond motifs is 6. The fraction of sp³-hybridized carbons (Fsp3) is 0.500. The highest BCUT2D eigenvalue weighted by atomic mass is 32.2. The second-order valence-electron chi connectivity index (χ2n) is 6.95. The topological polar surface area (TPSA) is 42.1 Å². The molecule has 0 unspecified atom stereocenters. The summed E-state index contributed by atoms with van der Waals surface area (Å²) < 4.78 is 5.31. The second kappa shape index (κ2) is 5.15. The molecule has 1 N–H and O–H groups in total. The lowest BCUT2D eigenvalue weighted by Crippen LogP contribution is -2.33. The van der Waals surface area contributed by atoms with Gasteiger partial charge in [0.15, 0.2) is 0 Å². The molecule has 2 saturated carbocycles. The van der Waals surface area contributed by atoms with Gasteiger partial charge in [-0.1, -0.05) is 23.5 Å². The summed E-state index contributed by atoms with van der Waals surface area (Å²) in [7, 11) is 1.70. The van der Waals surface area contributed by atoms with Crippen molar-refractivity contribution in [3.05, 3.63) is 44.4 Å². The molecule has 1 aliphatic heterocycles. The first-order chi connectivity index (χ1) is 11.2. The first-order valence-electron chi connectivity index (χ1n) is 8.28. The highest BCUT2D eigenvalue weighted by molar-refractivity contribution is 8.00. The molecule has 5 atom stereocenters. The second-order valence-corrected chi connectivity index (χ2v) is 9.15. The third-order valence-corrected chi connectivity index (χ3v) is 8.56. The van der Waals surface area contributed by atoms with Gasteiger partial charge in [-0.25, -0.2) is 0 Å². The minimum Gasteiger partial charge on any atom is -0.497 e. The van der Waals surface area contributed by atoms with E-state index in [4.69, 9.17) is 4.74 Å². The van der Waals surface area contributed by atoms with E-state index in [2.05, 4.69) is 17.1 Å². The molecule has 23 heavy (non-hydrogen) atoms. The van der Waals surface area contributed by atoms with E-state index in [1.807, 2.05) is 23.9 Å². The molecule has 5 heteroatoms. The highest BCUT2D eigenvalue weighted by Crippen LogP contribution is 2.63. The van der Waals surface area contributed by atoms with Gasteiger partial charge in [-0.2, -0.15) is 0 Å². The summed E-state index contributed by atoms with van der Waals surface area (Å²) in [6.07, 6.45) is 4.12. The molecule has 0 radical (unpaired) electrons. The SMILES string of the molecule is COc1ccc([C@@H]2c3sc(=O)[nH]c3S[C@H]3[C@H]4CC[C@@H](C4)[C@@H]23)cc1. The largest absolute Gasteiger partial charge is 0.497 e. The zero-order valence-corrected chi connectivity index (χ0v) is 14.6. The van der Waals surface area contributed by atoms with Crippen LogP contribution in [0.3, 0.4) is 0 Å². The van der Waals surface area contributed by atoms with Gasteiger partial charge in [0.05, 0.1) is 12.1 Å². The fourth-order valence-corrected chi connectivity index (χ4v) is 7.93. The average Bonchev–Trinajstić information content (AvgIpc) is 3.26. The van der Waals surface area contributed by atoms with E-state index in [-0.39, 0.29) is 4.87 Å². The van der Waals surface area contributed by atoms with E-state index in [1.54, 1.807) is 7.11 Å². The van der Waals surface area contributed by atoms with Gasteiger partial charge in [-0.05, 0) is 54.7 Å². The molecule has 5 rings (SSSR count). The minimum absolute atomic E-state index is 0.0910. The number of thiazole rings is 1. The number of benzene rings is 1. The number of nitrogens with one attached hydrogen (secondary N) is 1. The Hall–Kier alpha value is -1.20. The van der Waals surface area contributed by atoms with Gasteiger partial charge in [-0.15, -0.1) is 11.8 Å². The lowest BCUT2D eigenvalue weighted by atomic mass is 9.75. The number of H-pyrrole nitrogens is 1. The van der Waals surface area contributed by atoms with Gasteiger partial charge < -0.3 is 9.72 Å². The minimum atomic E-state index is 0.0910. The van der Waals surface area contributed by atoms with Crippen LogP contribution in [0.1, 0.15) is 35.6 Å². The molecule has 3 aliphatic rings. The summed E-state index contributed by atoms with van der Waals surface area (Å²) in [5.41, 5.74) is 1.34. The maximum Gasteiger partial charge on any atom is 0.305 e. The first kappa shape index (κ1) is 14.2. The summed E-state index contributed by atoms with van der Waals surface area (Å²) in [4.78, 5) is 16.4. The molecule has 2 aromatic rings. The molecule has 2 fully saturated rings. The standard InChI is InChI=1S/C18H19NO2S2/c1-21-12-6-4-9(5-7-12)13-14-10-2-3-11(8-10)15(14)22-17-16(13)23-18(20)19-17/h4-7,10-11,13-15H,2-3,8H2,1H3,(H,19,20)/t10-,11-,13-,14-,15-/m0/s1. The van der Waals surface area contributed by atoms with Crippen LogP contribution in [0.2, 0.25) is 0 Å². The van der Waals surface area contributed by atoms with Crippen LogP contribution in [0, 0.1) is 17.8 Å². The predicted octanol–water partition coefficient (Wildman–Crippen LogP) is 4.10. The fourth-order valence-electron chi connectivity index (χ4n) is 5.03. The molecule has 2 heterocycles. The van der Waals surface area contributed by atoms with E-state index in [0.29, 0.717) is 17.1 Å². The molecule has 2 aliphatic carbocycles. The van der Waals surface area contributed by atoms with Crippen molar-refractivity contribution < 1.29 is 4.74 Å². The zero-order valence-electron chi connectivity index (χ0n) is 13.0. The van der Waals surface area contributed by atoms with Crippen molar-refractivity contribution in [3.63, 3.8) is 0 Å². The number of hydrogen-bond donors (Lipinski definition) is 1. The Kier molecular flexibility index (Phi) is 3.17. The summed E-state index contributed by atoms with van der Waals surface area (Å²) in [6, 6.07) is 8.48. The Morgan fingerprint density at radius 3 is 2.74 bits per heavy atom. The Balaban J connectivity index is 1.64. The quantitative estimate of drug-likeness (QED) is 0.891. The van der Waals surface area contributed by atoms with Gasteiger partial charge in [0, 0.05) is 16.0 Å². The van der Waals surface area contributed by atoms with Crippen LogP contribution in [-0.4, -0.2) is 17.3 Å².